The molecule has 2 aromatic heterocycles. The number of benzene rings is 2. The van der Waals surface area contributed by atoms with E-state index in [-0.39, 0.29) is 16.6 Å². The number of fused-ring (bicyclic) bond motifs is 2. The standard InChI is InChI=1S/C25H28FN5O/c1-24(2)11-17(12-25(3,4)30-24)14-6-7-20-18(9-14)23(32)28-22(27-20)15-8-16-13-31(5)29-21(16)19(26)10-15/h6-10,13,17,30H,11-12H2,1-5H3,(H,27,28,32). The summed E-state index contributed by atoms with van der Waals surface area (Å²) in [7, 11) is 1.75. The van der Waals surface area contributed by atoms with Crippen LogP contribution in [0.3, 0.4) is 0 Å². The van der Waals surface area contributed by atoms with Crippen LogP contribution in [-0.4, -0.2) is 30.8 Å². The molecule has 1 saturated heterocycles. The topological polar surface area (TPSA) is 75.6 Å². The lowest BCUT2D eigenvalue weighted by Crippen LogP contribution is -2.57. The zero-order valence-corrected chi connectivity index (χ0v) is 19.1. The summed E-state index contributed by atoms with van der Waals surface area (Å²) >= 11 is 0. The molecule has 1 aliphatic heterocycles. The van der Waals surface area contributed by atoms with E-state index in [9.17, 15) is 9.18 Å². The Balaban J connectivity index is 1.57. The molecule has 0 amide bonds. The van der Waals surface area contributed by atoms with Gasteiger partial charge in [-0.25, -0.2) is 9.37 Å². The third-order valence-electron chi connectivity index (χ3n) is 6.34. The van der Waals surface area contributed by atoms with E-state index in [0.29, 0.717) is 39.1 Å². The number of nitrogens with zero attached hydrogens (tertiary/aromatic N) is 3. The van der Waals surface area contributed by atoms with Crippen molar-refractivity contribution >= 4 is 21.8 Å². The minimum atomic E-state index is -0.438. The van der Waals surface area contributed by atoms with E-state index in [0.717, 1.165) is 18.4 Å². The Hall–Kier alpha value is -3.06. The number of rotatable bonds is 2. The lowest BCUT2D eigenvalue weighted by Gasteiger charge is -2.46. The summed E-state index contributed by atoms with van der Waals surface area (Å²) in [5.74, 6) is 0.267. The summed E-state index contributed by atoms with van der Waals surface area (Å²) in [6.07, 6.45) is 3.74. The number of nitrogens with one attached hydrogen (secondary N) is 2. The molecule has 6 nitrogen and oxygen atoms in total. The monoisotopic (exact) mass is 433 g/mol. The maximum atomic E-state index is 14.5. The number of hydrogen-bond acceptors (Lipinski definition) is 4. The molecule has 5 rings (SSSR count). The van der Waals surface area contributed by atoms with Crippen LogP contribution in [0.15, 0.2) is 41.3 Å². The first-order valence-corrected chi connectivity index (χ1v) is 11.0. The molecule has 0 bridgehead atoms. The van der Waals surface area contributed by atoms with Crippen LogP contribution < -0.4 is 10.9 Å². The third-order valence-corrected chi connectivity index (χ3v) is 6.34. The molecule has 1 aliphatic rings. The molecular formula is C25H28FN5O. The Labute approximate surface area is 185 Å². The second-order valence-electron chi connectivity index (χ2n) is 10.4. The number of aryl methyl sites for hydroxylation is 1. The molecule has 0 atom stereocenters. The van der Waals surface area contributed by atoms with Gasteiger partial charge in [0.15, 0.2) is 5.82 Å². The highest BCUT2D eigenvalue weighted by Gasteiger charge is 2.38. The fourth-order valence-corrected chi connectivity index (χ4v) is 5.45. The zero-order chi connectivity index (χ0) is 22.8. The van der Waals surface area contributed by atoms with Crippen molar-refractivity contribution in [2.45, 2.75) is 57.5 Å². The van der Waals surface area contributed by atoms with Gasteiger partial charge >= 0.3 is 0 Å². The van der Waals surface area contributed by atoms with Crippen molar-refractivity contribution in [1.29, 1.82) is 0 Å². The average molecular weight is 434 g/mol. The maximum Gasteiger partial charge on any atom is 0.259 e. The summed E-state index contributed by atoms with van der Waals surface area (Å²) in [6, 6.07) is 9.12. The summed E-state index contributed by atoms with van der Waals surface area (Å²) in [5.41, 5.74) is 2.40. The van der Waals surface area contributed by atoms with Gasteiger partial charge in [0, 0.05) is 35.3 Å². The van der Waals surface area contributed by atoms with Crippen molar-refractivity contribution in [1.82, 2.24) is 25.1 Å². The zero-order valence-electron chi connectivity index (χ0n) is 19.1. The Bertz CT molecular complexity index is 1400. The Kier molecular flexibility index (Phi) is 4.53. The van der Waals surface area contributed by atoms with E-state index < -0.39 is 5.82 Å². The van der Waals surface area contributed by atoms with Crippen molar-refractivity contribution in [3.63, 3.8) is 0 Å². The van der Waals surface area contributed by atoms with Gasteiger partial charge in [-0.15, -0.1) is 0 Å². The summed E-state index contributed by atoms with van der Waals surface area (Å²) in [5, 5.41) is 9.06. The van der Waals surface area contributed by atoms with Crippen LogP contribution in [0.2, 0.25) is 0 Å². The number of halogens is 1. The Morgan fingerprint density at radius 3 is 2.53 bits per heavy atom. The van der Waals surface area contributed by atoms with Crippen molar-refractivity contribution in [3.8, 4) is 11.4 Å². The smallest absolute Gasteiger partial charge is 0.259 e. The van der Waals surface area contributed by atoms with E-state index in [2.05, 4.69) is 54.1 Å². The first kappa shape index (κ1) is 20.8. The van der Waals surface area contributed by atoms with Crippen LogP contribution in [0.25, 0.3) is 33.2 Å². The minimum Gasteiger partial charge on any atom is -0.307 e. The van der Waals surface area contributed by atoms with Gasteiger partial charge in [0.1, 0.15) is 11.3 Å². The number of aromatic amines is 1. The van der Waals surface area contributed by atoms with E-state index in [1.54, 1.807) is 24.0 Å². The van der Waals surface area contributed by atoms with E-state index >= 15 is 0 Å². The van der Waals surface area contributed by atoms with Crippen LogP contribution in [0.4, 0.5) is 4.39 Å². The van der Waals surface area contributed by atoms with Crippen molar-refractivity contribution in [2.24, 2.45) is 7.05 Å². The lowest BCUT2D eigenvalue weighted by atomic mass is 9.73. The van der Waals surface area contributed by atoms with E-state index in [1.165, 1.54) is 6.07 Å². The van der Waals surface area contributed by atoms with Gasteiger partial charge in [-0.2, -0.15) is 5.10 Å². The quantitative estimate of drug-likeness (QED) is 0.483. The van der Waals surface area contributed by atoms with Gasteiger partial charge in [0.25, 0.3) is 5.56 Å². The highest BCUT2D eigenvalue weighted by Crippen LogP contribution is 2.39. The Morgan fingerprint density at radius 1 is 1.09 bits per heavy atom. The first-order valence-electron chi connectivity index (χ1n) is 11.0. The van der Waals surface area contributed by atoms with Crippen LogP contribution in [0.1, 0.15) is 52.0 Å². The summed E-state index contributed by atoms with van der Waals surface area (Å²) < 4.78 is 16.1. The van der Waals surface area contributed by atoms with Gasteiger partial charge in [-0.1, -0.05) is 6.07 Å². The molecule has 4 aromatic rings. The predicted octanol–water partition coefficient (Wildman–Crippen LogP) is 4.64. The number of hydrogen-bond donors (Lipinski definition) is 2. The SMILES string of the molecule is Cn1cc2cc(-c3nc4ccc(C5CC(C)(C)NC(C)(C)C5)cc4c(=O)[nH]3)cc(F)c2n1. The van der Waals surface area contributed by atoms with Crippen LogP contribution >= 0.6 is 0 Å². The normalized spacial score (nSPS) is 18.4. The van der Waals surface area contributed by atoms with Crippen LogP contribution in [-0.2, 0) is 7.05 Å². The van der Waals surface area contributed by atoms with Gasteiger partial charge in [-0.3, -0.25) is 9.48 Å². The fourth-order valence-electron chi connectivity index (χ4n) is 5.45. The fraction of sp³-hybridized carbons (Fsp3) is 0.400. The number of H-pyrrole nitrogens is 1. The second kappa shape index (κ2) is 6.97. The molecule has 0 radical (unpaired) electrons. The molecule has 0 saturated carbocycles. The third kappa shape index (κ3) is 3.71. The van der Waals surface area contributed by atoms with Gasteiger partial charge < -0.3 is 10.3 Å². The van der Waals surface area contributed by atoms with Crippen molar-refractivity contribution < 1.29 is 4.39 Å². The first-order chi connectivity index (χ1) is 15.0. The van der Waals surface area contributed by atoms with Crippen molar-refractivity contribution in [2.75, 3.05) is 0 Å². The maximum absolute atomic E-state index is 14.5. The molecule has 166 valence electrons. The molecule has 2 N–H and O–H groups in total. The average Bonchev–Trinajstić information content (AvgIpc) is 3.06. The molecule has 2 aromatic carbocycles. The van der Waals surface area contributed by atoms with E-state index in [4.69, 9.17) is 0 Å². The summed E-state index contributed by atoms with van der Waals surface area (Å²) in [6.45, 7) is 8.89. The molecule has 7 heteroatoms. The molecular weight excluding hydrogens is 405 g/mol. The highest BCUT2D eigenvalue weighted by molar-refractivity contribution is 5.85. The van der Waals surface area contributed by atoms with Crippen molar-refractivity contribution in [3.05, 3.63) is 58.3 Å². The Morgan fingerprint density at radius 2 is 1.81 bits per heavy atom. The number of aromatic nitrogens is 4. The number of piperidine rings is 1. The molecule has 32 heavy (non-hydrogen) atoms. The van der Waals surface area contributed by atoms with Crippen LogP contribution in [0, 0.1) is 5.82 Å². The second-order valence-corrected chi connectivity index (χ2v) is 10.4. The van der Waals surface area contributed by atoms with Gasteiger partial charge in [-0.05, 0) is 76.3 Å². The lowest BCUT2D eigenvalue weighted by molar-refractivity contribution is 0.162. The summed E-state index contributed by atoms with van der Waals surface area (Å²) in [4.78, 5) is 20.5. The largest absolute Gasteiger partial charge is 0.307 e. The molecule has 0 spiro atoms. The minimum absolute atomic E-state index is 0.0188. The van der Waals surface area contributed by atoms with Gasteiger partial charge in [0.05, 0.1) is 10.9 Å². The highest BCUT2D eigenvalue weighted by atomic mass is 19.1. The molecule has 0 unspecified atom stereocenters. The van der Waals surface area contributed by atoms with Gasteiger partial charge in [0.2, 0.25) is 0 Å². The van der Waals surface area contributed by atoms with Crippen LogP contribution in [0.5, 0.6) is 0 Å². The van der Waals surface area contributed by atoms with E-state index in [1.807, 2.05) is 12.1 Å². The molecule has 1 fully saturated rings. The predicted molar refractivity (Wildman–Crippen MR) is 125 cm³/mol. The molecule has 0 aliphatic carbocycles. The molecule has 3 heterocycles.